The van der Waals surface area contributed by atoms with Gasteiger partial charge in [0.25, 0.3) is 0 Å². The Labute approximate surface area is 176 Å². The van der Waals surface area contributed by atoms with E-state index in [1.165, 1.54) is 6.42 Å². The van der Waals surface area contributed by atoms with Gasteiger partial charge in [0.2, 0.25) is 5.91 Å². The van der Waals surface area contributed by atoms with Gasteiger partial charge in [-0.25, -0.2) is 9.97 Å². The summed E-state index contributed by atoms with van der Waals surface area (Å²) < 4.78 is 0. The average Bonchev–Trinajstić information content (AvgIpc) is 2.83. The Bertz CT molecular complexity index is 994. The van der Waals surface area contributed by atoms with Crippen LogP contribution < -0.4 is 9.80 Å². The molecule has 5 aliphatic rings. The summed E-state index contributed by atoms with van der Waals surface area (Å²) in [6, 6.07) is 7.93. The van der Waals surface area contributed by atoms with Gasteiger partial charge in [-0.3, -0.25) is 9.69 Å². The van der Waals surface area contributed by atoms with Gasteiger partial charge < -0.3 is 4.90 Å². The maximum atomic E-state index is 14.1. The monoisotopic (exact) mass is 410 g/mol. The number of halogens is 1. The van der Waals surface area contributed by atoms with Crippen molar-refractivity contribution in [2.24, 2.45) is 17.3 Å². The van der Waals surface area contributed by atoms with Crippen molar-refractivity contribution in [1.29, 1.82) is 0 Å². The van der Waals surface area contributed by atoms with Gasteiger partial charge in [0.1, 0.15) is 0 Å². The molecule has 0 radical (unpaired) electrons. The molecule has 2 unspecified atom stereocenters. The van der Waals surface area contributed by atoms with Crippen molar-refractivity contribution < 1.29 is 4.79 Å². The first-order valence-electron chi connectivity index (χ1n) is 10.9. The molecule has 4 fully saturated rings. The highest BCUT2D eigenvalue weighted by Crippen LogP contribution is 2.64. The third kappa shape index (κ3) is 2.69. The SMILES string of the molecule is CN1CCCN(C(=O)C23CC4CC(CC(Cl)(C4)C2)C3)c2nc3ccccc3nc21. The van der Waals surface area contributed by atoms with Crippen LogP contribution in [0.5, 0.6) is 0 Å². The fourth-order valence-electron chi connectivity index (χ4n) is 6.98. The van der Waals surface area contributed by atoms with Crippen LogP contribution in [0.4, 0.5) is 11.6 Å². The standard InChI is InChI=1S/C23H27ClN4O/c1-27-7-4-8-28(20-19(27)25-17-5-2-3-6-18(17)26-20)21(29)22-10-15-9-16(11-22)13-23(24,12-15)14-22/h2-3,5-6,15-16H,4,7-14H2,1H3. The number of aromatic nitrogens is 2. The Kier molecular flexibility index (Phi) is 3.75. The van der Waals surface area contributed by atoms with Crippen LogP contribution in [-0.4, -0.2) is 40.9 Å². The van der Waals surface area contributed by atoms with E-state index in [1.54, 1.807) is 0 Å². The number of benzene rings is 1. The minimum Gasteiger partial charge on any atom is -0.357 e. The van der Waals surface area contributed by atoms with Crippen LogP contribution >= 0.6 is 11.6 Å². The quantitative estimate of drug-likeness (QED) is 0.654. The Balaban J connectivity index is 1.45. The lowest BCUT2D eigenvalue weighted by Gasteiger charge is -2.59. The summed E-state index contributed by atoms with van der Waals surface area (Å²) in [5.41, 5.74) is 1.42. The summed E-state index contributed by atoms with van der Waals surface area (Å²) in [6.45, 7) is 1.58. The summed E-state index contributed by atoms with van der Waals surface area (Å²) in [6.07, 6.45) is 7.18. The minimum atomic E-state index is -0.306. The van der Waals surface area contributed by atoms with Crippen molar-refractivity contribution in [3.05, 3.63) is 24.3 Å². The zero-order valence-electron chi connectivity index (χ0n) is 16.9. The molecule has 2 atom stereocenters. The lowest BCUT2D eigenvalue weighted by molar-refractivity contribution is -0.141. The number of para-hydroxylation sites is 2. The first-order chi connectivity index (χ1) is 13.9. The van der Waals surface area contributed by atoms with E-state index in [-0.39, 0.29) is 16.2 Å². The molecule has 1 aromatic heterocycles. The molecule has 1 aromatic carbocycles. The number of anilines is 2. The van der Waals surface area contributed by atoms with E-state index >= 15 is 0 Å². The molecule has 4 saturated carbocycles. The number of hydrogen-bond donors (Lipinski definition) is 0. The number of carbonyl (C=O) groups excluding carboxylic acids is 1. The molecule has 1 aliphatic heterocycles. The fourth-order valence-corrected chi connectivity index (χ4v) is 7.67. The Morgan fingerprint density at radius 2 is 1.69 bits per heavy atom. The van der Waals surface area contributed by atoms with Gasteiger partial charge in [-0.1, -0.05) is 12.1 Å². The number of carbonyl (C=O) groups is 1. The normalized spacial score (nSPS) is 35.7. The Morgan fingerprint density at radius 1 is 1.03 bits per heavy atom. The van der Waals surface area contributed by atoms with Crippen LogP contribution in [0.1, 0.15) is 44.9 Å². The van der Waals surface area contributed by atoms with Crippen molar-refractivity contribution in [3.8, 4) is 0 Å². The minimum absolute atomic E-state index is 0.166. The van der Waals surface area contributed by atoms with Crippen molar-refractivity contribution in [2.45, 2.75) is 49.8 Å². The molecule has 4 aliphatic carbocycles. The highest BCUT2D eigenvalue weighted by Gasteiger charge is 2.61. The van der Waals surface area contributed by atoms with E-state index in [4.69, 9.17) is 21.6 Å². The summed E-state index contributed by atoms with van der Waals surface area (Å²) in [4.78, 5) is 27.9. The zero-order valence-corrected chi connectivity index (χ0v) is 17.7. The maximum absolute atomic E-state index is 14.1. The van der Waals surface area contributed by atoms with Gasteiger partial charge in [0, 0.05) is 25.0 Å². The summed E-state index contributed by atoms with van der Waals surface area (Å²) in [5.74, 6) is 3.01. The van der Waals surface area contributed by atoms with E-state index < -0.39 is 0 Å². The van der Waals surface area contributed by atoms with Gasteiger partial charge in [-0.05, 0) is 68.9 Å². The predicted octanol–water partition coefficient (Wildman–Crippen LogP) is 4.38. The van der Waals surface area contributed by atoms with Gasteiger partial charge >= 0.3 is 0 Å². The Morgan fingerprint density at radius 3 is 2.34 bits per heavy atom. The highest BCUT2D eigenvalue weighted by molar-refractivity contribution is 6.24. The number of fused-ring (bicyclic) bond motifs is 2. The van der Waals surface area contributed by atoms with E-state index in [1.807, 2.05) is 29.2 Å². The smallest absolute Gasteiger partial charge is 0.234 e. The molecule has 2 aromatic rings. The third-order valence-electron chi connectivity index (χ3n) is 7.72. The van der Waals surface area contributed by atoms with Gasteiger partial charge in [0.05, 0.1) is 16.4 Å². The van der Waals surface area contributed by atoms with Crippen LogP contribution in [0.3, 0.4) is 0 Å². The van der Waals surface area contributed by atoms with Crippen molar-refractivity contribution in [3.63, 3.8) is 0 Å². The second kappa shape index (κ2) is 6.07. The van der Waals surface area contributed by atoms with Crippen LogP contribution in [0.25, 0.3) is 11.0 Å². The largest absolute Gasteiger partial charge is 0.357 e. The third-order valence-corrected chi connectivity index (χ3v) is 8.16. The van der Waals surface area contributed by atoms with Crippen LogP contribution in [0, 0.1) is 17.3 Å². The second-order valence-electron chi connectivity index (χ2n) is 9.98. The van der Waals surface area contributed by atoms with E-state index in [9.17, 15) is 4.79 Å². The molecule has 2 heterocycles. The molecular formula is C23H27ClN4O. The molecule has 29 heavy (non-hydrogen) atoms. The zero-order chi connectivity index (χ0) is 19.8. The van der Waals surface area contributed by atoms with Crippen molar-refractivity contribution in [2.75, 3.05) is 29.9 Å². The van der Waals surface area contributed by atoms with Crippen LogP contribution in [0.2, 0.25) is 0 Å². The van der Waals surface area contributed by atoms with Crippen LogP contribution in [-0.2, 0) is 4.79 Å². The first-order valence-corrected chi connectivity index (χ1v) is 11.3. The average molecular weight is 411 g/mol. The number of amides is 1. The van der Waals surface area contributed by atoms with Gasteiger partial charge in [-0.2, -0.15) is 0 Å². The van der Waals surface area contributed by atoms with Gasteiger partial charge in [0.15, 0.2) is 11.6 Å². The molecule has 0 saturated heterocycles. The van der Waals surface area contributed by atoms with E-state index in [0.717, 1.165) is 67.7 Å². The molecular weight excluding hydrogens is 384 g/mol. The molecule has 0 spiro atoms. The molecule has 6 heteroatoms. The number of hydrogen-bond acceptors (Lipinski definition) is 4. The number of nitrogens with zero attached hydrogens (tertiary/aromatic N) is 4. The predicted molar refractivity (Wildman–Crippen MR) is 115 cm³/mol. The highest BCUT2D eigenvalue weighted by atomic mass is 35.5. The van der Waals surface area contributed by atoms with E-state index in [0.29, 0.717) is 18.4 Å². The van der Waals surface area contributed by atoms with Crippen LogP contribution in [0.15, 0.2) is 24.3 Å². The molecule has 152 valence electrons. The lowest BCUT2D eigenvalue weighted by Crippen LogP contribution is -2.59. The summed E-state index contributed by atoms with van der Waals surface area (Å²) >= 11 is 7.03. The summed E-state index contributed by atoms with van der Waals surface area (Å²) in [7, 11) is 2.05. The first kappa shape index (κ1) is 17.9. The molecule has 0 N–H and O–H groups in total. The topological polar surface area (TPSA) is 49.3 Å². The van der Waals surface area contributed by atoms with Crippen molar-refractivity contribution in [1.82, 2.24) is 9.97 Å². The molecule has 1 amide bonds. The second-order valence-corrected chi connectivity index (χ2v) is 10.8. The van der Waals surface area contributed by atoms with Crippen molar-refractivity contribution >= 4 is 40.2 Å². The molecule has 5 nitrogen and oxygen atoms in total. The number of alkyl halides is 1. The molecule has 7 rings (SSSR count). The Hall–Kier alpha value is -1.88. The summed E-state index contributed by atoms with van der Waals surface area (Å²) in [5, 5.41) is 0. The van der Waals surface area contributed by atoms with Gasteiger partial charge in [-0.15, -0.1) is 11.6 Å². The van der Waals surface area contributed by atoms with E-state index in [2.05, 4.69) is 11.9 Å². The molecule has 4 bridgehead atoms. The number of rotatable bonds is 1. The lowest BCUT2D eigenvalue weighted by atomic mass is 9.49. The fraction of sp³-hybridized carbons (Fsp3) is 0.609. The maximum Gasteiger partial charge on any atom is 0.234 e.